The van der Waals surface area contributed by atoms with Crippen LogP contribution in [0.1, 0.15) is 11.3 Å². The van der Waals surface area contributed by atoms with E-state index in [0.29, 0.717) is 5.69 Å². The molecule has 2 N–H and O–H groups in total. The Kier molecular flexibility index (Phi) is 5.10. The molecule has 6 nitrogen and oxygen atoms in total. The Hall–Kier alpha value is -3.88. The molecule has 0 saturated carbocycles. The number of carbonyl (C=O) groups excluding carboxylic acids is 1. The lowest BCUT2D eigenvalue weighted by molar-refractivity contribution is -0.137. The summed E-state index contributed by atoms with van der Waals surface area (Å²) >= 11 is 0. The minimum atomic E-state index is -4.48. The molecule has 4 rings (SSSR count). The van der Waals surface area contributed by atoms with Gasteiger partial charge in [-0.15, -0.1) is 0 Å². The number of hydrogen-bond donors (Lipinski definition) is 2. The number of benzene rings is 2. The number of aryl methyl sites for hydroxylation is 2. The van der Waals surface area contributed by atoms with Crippen LogP contribution >= 0.6 is 0 Å². The quantitative estimate of drug-likeness (QED) is 0.448. The summed E-state index contributed by atoms with van der Waals surface area (Å²) in [5, 5.41) is 10.3. The van der Waals surface area contributed by atoms with Crippen LogP contribution in [0, 0.1) is 6.92 Å². The van der Waals surface area contributed by atoms with Gasteiger partial charge in [-0.05, 0) is 42.8 Å². The van der Waals surface area contributed by atoms with Gasteiger partial charge in [0.05, 0.1) is 23.5 Å². The maximum Gasteiger partial charge on any atom is 0.416 e. The topological polar surface area (TPSA) is 71.8 Å². The molecule has 0 aliphatic rings. The molecule has 0 radical (unpaired) electrons. The van der Waals surface area contributed by atoms with Crippen LogP contribution in [-0.2, 0) is 13.2 Å². The lowest BCUT2D eigenvalue weighted by atomic mass is 10.0. The number of pyridine rings is 1. The summed E-state index contributed by atoms with van der Waals surface area (Å²) in [4.78, 5) is 16.6. The van der Waals surface area contributed by atoms with Crippen LogP contribution in [0.2, 0.25) is 0 Å². The highest BCUT2D eigenvalue weighted by molar-refractivity contribution is 6.00. The highest BCUT2D eigenvalue weighted by atomic mass is 19.4. The van der Waals surface area contributed by atoms with Gasteiger partial charge in [-0.1, -0.05) is 18.2 Å². The molecule has 0 aliphatic carbocycles. The fourth-order valence-electron chi connectivity index (χ4n) is 3.36. The number of anilines is 2. The third-order valence-electron chi connectivity index (χ3n) is 4.88. The fourth-order valence-corrected chi connectivity index (χ4v) is 3.36. The number of fused-ring (bicyclic) bond motifs is 1. The largest absolute Gasteiger partial charge is 0.416 e. The van der Waals surface area contributed by atoms with E-state index in [0.717, 1.165) is 39.9 Å². The van der Waals surface area contributed by atoms with E-state index in [2.05, 4.69) is 20.7 Å². The first kappa shape index (κ1) is 20.4. The maximum absolute atomic E-state index is 12.8. The van der Waals surface area contributed by atoms with Gasteiger partial charge in [0.25, 0.3) is 0 Å². The zero-order valence-electron chi connectivity index (χ0n) is 16.7. The van der Waals surface area contributed by atoms with E-state index in [4.69, 9.17) is 0 Å². The summed E-state index contributed by atoms with van der Waals surface area (Å²) in [6.45, 7) is 1.91. The van der Waals surface area contributed by atoms with Gasteiger partial charge in [0.2, 0.25) is 0 Å². The van der Waals surface area contributed by atoms with E-state index in [1.54, 1.807) is 29.2 Å². The molecule has 2 aromatic heterocycles. The first-order chi connectivity index (χ1) is 14.7. The Morgan fingerprint density at radius 3 is 2.42 bits per heavy atom. The first-order valence-corrected chi connectivity index (χ1v) is 9.35. The maximum atomic E-state index is 12.8. The molecule has 2 amide bonds. The van der Waals surface area contributed by atoms with Crippen LogP contribution in [0.4, 0.5) is 29.3 Å². The van der Waals surface area contributed by atoms with E-state index < -0.39 is 17.8 Å². The summed E-state index contributed by atoms with van der Waals surface area (Å²) in [7, 11) is 1.85. The molecule has 0 spiro atoms. The molecular formula is C22H18F3N5O. The normalized spacial score (nSPS) is 11.5. The van der Waals surface area contributed by atoms with Gasteiger partial charge in [0.15, 0.2) is 0 Å². The summed E-state index contributed by atoms with van der Waals surface area (Å²) in [6.07, 6.45) is -0.919. The predicted molar refractivity (Wildman–Crippen MR) is 113 cm³/mol. The van der Waals surface area contributed by atoms with Crippen molar-refractivity contribution in [3.63, 3.8) is 0 Å². The van der Waals surface area contributed by atoms with Crippen molar-refractivity contribution in [2.45, 2.75) is 13.1 Å². The fraction of sp³-hybridized carbons (Fsp3) is 0.136. The van der Waals surface area contributed by atoms with E-state index in [1.165, 1.54) is 12.1 Å². The first-order valence-electron chi connectivity index (χ1n) is 9.35. The SMILES string of the molecule is Cc1ncc2c(cnn2C)c1-c1ccc(NC(=O)Nc2cccc(C(F)(F)F)c2)cc1. The lowest BCUT2D eigenvalue weighted by Gasteiger charge is -2.12. The van der Waals surface area contributed by atoms with Gasteiger partial charge in [-0.2, -0.15) is 18.3 Å². The lowest BCUT2D eigenvalue weighted by Crippen LogP contribution is -2.19. The Morgan fingerprint density at radius 1 is 1.00 bits per heavy atom. The Bertz CT molecular complexity index is 1260. The van der Waals surface area contributed by atoms with E-state index in [1.807, 2.05) is 26.1 Å². The molecule has 0 unspecified atom stereocenters. The molecule has 4 aromatic rings. The van der Waals surface area contributed by atoms with Gasteiger partial charge >= 0.3 is 12.2 Å². The summed E-state index contributed by atoms with van der Waals surface area (Å²) in [5.41, 5.74) is 3.33. The van der Waals surface area contributed by atoms with E-state index in [-0.39, 0.29) is 5.69 Å². The average molecular weight is 425 g/mol. The number of hydrogen-bond acceptors (Lipinski definition) is 3. The zero-order chi connectivity index (χ0) is 22.2. The number of halogens is 3. The Balaban J connectivity index is 1.51. The van der Waals surface area contributed by atoms with Gasteiger partial charge in [-0.25, -0.2) is 4.79 Å². The van der Waals surface area contributed by atoms with Gasteiger partial charge in [-0.3, -0.25) is 9.67 Å². The molecule has 0 atom stereocenters. The van der Waals surface area contributed by atoms with Crippen molar-refractivity contribution in [1.29, 1.82) is 0 Å². The standard InChI is InChI=1S/C22H18F3N5O/c1-13-20(18-11-27-30(2)19(18)12-26-13)14-6-8-16(9-7-14)28-21(31)29-17-5-3-4-15(10-17)22(23,24)25/h3-12H,1-2H3,(H2,28,29,31). The van der Waals surface area contributed by atoms with Crippen molar-refractivity contribution in [2.75, 3.05) is 10.6 Å². The molecule has 9 heteroatoms. The second-order valence-electron chi connectivity index (χ2n) is 7.02. The Labute approximate surface area is 175 Å². The van der Waals surface area contributed by atoms with Gasteiger partial charge < -0.3 is 10.6 Å². The molecular weight excluding hydrogens is 407 g/mol. The average Bonchev–Trinajstić information content (AvgIpc) is 3.09. The van der Waals surface area contributed by atoms with Crippen LogP contribution in [0.15, 0.2) is 60.9 Å². The minimum Gasteiger partial charge on any atom is -0.308 e. The van der Waals surface area contributed by atoms with Crippen molar-refractivity contribution in [2.24, 2.45) is 7.05 Å². The summed E-state index contributed by atoms with van der Waals surface area (Å²) in [5.74, 6) is 0. The number of nitrogens with zero attached hydrogens (tertiary/aromatic N) is 3. The van der Waals surface area contributed by atoms with Gasteiger partial charge in [0.1, 0.15) is 0 Å². The number of nitrogens with one attached hydrogen (secondary N) is 2. The molecule has 0 bridgehead atoms. The highest BCUT2D eigenvalue weighted by Gasteiger charge is 2.30. The second-order valence-corrected chi connectivity index (χ2v) is 7.02. The minimum absolute atomic E-state index is 0.0499. The third kappa shape index (κ3) is 4.20. The van der Waals surface area contributed by atoms with Crippen LogP contribution in [0.25, 0.3) is 22.0 Å². The highest BCUT2D eigenvalue weighted by Crippen LogP contribution is 2.32. The number of urea groups is 1. The second kappa shape index (κ2) is 7.75. The zero-order valence-corrected chi connectivity index (χ0v) is 16.7. The molecule has 2 heterocycles. The van der Waals surface area contributed by atoms with E-state index >= 15 is 0 Å². The smallest absolute Gasteiger partial charge is 0.308 e. The molecule has 2 aromatic carbocycles. The number of carbonyl (C=O) groups is 1. The monoisotopic (exact) mass is 425 g/mol. The molecule has 0 saturated heterocycles. The number of amides is 2. The predicted octanol–water partition coefficient (Wildman–Crippen LogP) is 5.61. The molecule has 0 aliphatic heterocycles. The van der Waals surface area contributed by atoms with Crippen LogP contribution in [0.3, 0.4) is 0 Å². The van der Waals surface area contributed by atoms with Crippen molar-refractivity contribution >= 4 is 28.3 Å². The van der Waals surface area contributed by atoms with Crippen LogP contribution in [-0.4, -0.2) is 20.8 Å². The van der Waals surface area contributed by atoms with Crippen LogP contribution in [0.5, 0.6) is 0 Å². The molecule has 31 heavy (non-hydrogen) atoms. The third-order valence-corrected chi connectivity index (χ3v) is 4.88. The van der Waals surface area contributed by atoms with Crippen LogP contribution < -0.4 is 10.6 Å². The van der Waals surface area contributed by atoms with E-state index in [9.17, 15) is 18.0 Å². The number of alkyl halides is 3. The Morgan fingerprint density at radius 2 is 1.71 bits per heavy atom. The number of aromatic nitrogens is 3. The van der Waals surface area contributed by atoms with Crippen molar-refractivity contribution in [1.82, 2.24) is 14.8 Å². The molecule has 158 valence electrons. The summed E-state index contributed by atoms with van der Waals surface area (Å²) in [6, 6.07) is 10.9. The van der Waals surface area contributed by atoms with Crippen molar-refractivity contribution in [3.8, 4) is 11.1 Å². The summed E-state index contributed by atoms with van der Waals surface area (Å²) < 4.78 is 40.2. The van der Waals surface area contributed by atoms with Crippen molar-refractivity contribution in [3.05, 3.63) is 72.2 Å². The molecule has 0 fully saturated rings. The number of rotatable bonds is 3. The van der Waals surface area contributed by atoms with Gasteiger partial charge in [0, 0.05) is 35.1 Å². The van der Waals surface area contributed by atoms with Crippen molar-refractivity contribution < 1.29 is 18.0 Å².